The van der Waals surface area contributed by atoms with Gasteiger partial charge >= 0.3 is 0 Å². The van der Waals surface area contributed by atoms with E-state index in [-0.39, 0.29) is 0 Å². The summed E-state index contributed by atoms with van der Waals surface area (Å²) in [5.74, 6) is 0. The predicted molar refractivity (Wildman–Crippen MR) is 55.1 cm³/mol. The fraction of sp³-hybridized carbons (Fsp3) is 0.500. The zero-order valence-electron chi connectivity index (χ0n) is 7.71. The lowest BCUT2D eigenvalue weighted by Gasteiger charge is -1.92. The summed E-state index contributed by atoms with van der Waals surface area (Å²) in [5, 5.41) is 0. The van der Waals surface area contributed by atoms with Gasteiger partial charge in [-0.25, -0.2) is 0 Å². The zero-order valence-corrected chi connectivity index (χ0v) is 7.71. The minimum absolute atomic E-state index is 1.21. The third-order valence-corrected chi connectivity index (χ3v) is 2.00. The fourth-order valence-corrected chi connectivity index (χ4v) is 1.28. The number of allylic oxidation sites excluding steroid dienone is 6. The molecule has 0 amide bonds. The van der Waals surface area contributed by atoms with Gasteiger partial charge < -0.3 is 0 Å². The van der Waals surface area contributed by atoms with Crippen LogP contribution >= 0.6 is 0 Å². The highest BCUT2D eigenvalue weighted by Crippen LogP contribution is 2.02. The van der Waals surface area contributed by atoms with Crippen molar-refractivity contribution in [3.8, 4) is 0 Å². The molecule has 0 nitrogen and oxygen atoms in total. The maximum absolute atomic E-state index is 2.29. The smallest absolute Gasteiger partial charge is 0.0316 e. The lowest BCUT2D eigenvalue weighted by atomic mass is 10.1. The molecular weight excluding hydrogens is 144 g/mol. The second-order valence-corrected chi connectivity index (χ2v) is 3.15. The highest BCUT2D eigenvalue weighted by molar-refractivity contribution is 4.93. The van der Waals surface area contributed by atoms with Gasteiger partial charge in [-0.15, -0.1) is 0 Å². The van der Waals surface area contributed by atoms with Crippen LogP contribution in [0, 0.1) is 0 Å². The van der Waals surface area contributed by atoms with E-state index in [1.807, 2.05) is 0 Å². The van der Waals surface area contributed by atoms with Crippen molar-refractivity contribution in [2.24, 2.45) is 0 Å². The monoisotopic (exact) mass is 162 g/mol. The standard InChI is InChI=1S/C12H18/c1-2-4-6-8-10-12-11-9-7-5-3-1/h1-2,7-10H,3-6,11-12H2/b2-1+,9-7+,10-8?. The number of hydrogen-bond donors (Lipinski definition) is 0. The van der Waals surface area contributed by atoms with E-state index in [1.165, 1.54) is 38.5 Å². The first-order valence-electron chi connectivity index (χ1n) is 4.95. The molecule has 12 heavy (non-hydrogen) atoms. The molecule has 0 aliphatic heterocycles. The molecule has 0 saturated carbocycles. The van der Waals surface area contributed by atoms with E-state index in [0.29, 0.717) is 0 Å². The Morgan fingerprint density at radius 1 is 0.333 bits per heavy atom. The first-order chi connectivity index (χ1) is 6.00. The predicted octanol–water partition coefficient (Wildman–Crippen LogP) is 4.01. The molecule has 0 aromatic rings. The van der Waals surface area contributed by atoms with Gasteiger partial charge in [-0.3, -0.25) is 0 Å². The van der Waals surface area contributed by atoms with Crippen LogP contribution in [0.1, 0.15) is 38.5 Å². The summed E-state index contributed by atoms with van der Waals surface area (Å²) < 4.78 is 0. The van der Waals surface area contributed by atoms with E-state index in [0.717, 1.165) is 0 Å². The summed E-state index contributed by atoms with van der Waals surface area (Å²) in [4.78, 5) is 0. The molecule has 0 heteroatoms. The van der Waals surface area contributed by atoms with Crippen LogP contribution < -0.4 is 0 Å². The molecular formula is C12H18. The number of hydrogen-bond acceptors (Lipinski definition) is 0. The second kappa shape index (κ2) is 6.90. The van der Waals surface area contributed by atoms with E-state index >= 15 is 0 Å². The highest BCUT2D eigenvalue weighted by Gasteiger charge is 1.82. The summed E-state index contributed by atoms with van der Waals surface area (Å²) in [5.41, 5.74) is 0. The highest BCUT2D eigenvalue weighted by atomic mass is 13.9. The lowest BCUT2D eigenvalue weighted by molar-refractivity contribution is 0.962. The molecule has 1 aliphatic carbocycles. The van der Waals surface area contributed by atoms with E-state index < -0.39 is 0 Å². The molecule has 0 atom stereocenters. The molecule has 0 aromatic carbocycles. The van der Waals surface area contributed by atoms with Gasteiger partial charge in [0.15, 0.2) is 0 Å². The molecule has 0 heterocycles. The third kappa shape index (κ3) is 4.95. The SMILES string of the molecule is C1=CCC/C=C/CC/C=C/CC1. The van der Waals surface area contributed by atoms with Crippen molar-refractivity contribution >= 4 is 0 Å². The van der Waals surface area contributed by atoms with Crippen LogP contribution in [0.15, 0.2) is 36.5 Å². The Labute approximate surface area is 75.7 Å². The first-order valence-corrected chi connectivity index (χ1v) is 4.95. The largest absolute Gasteiger partial charge is 0.0882 e. The fourth-order valence-electron chi connectivity index (χ4n) is 1.28. The van der Waals surface area contributed by atoms with Crippen LogP contribution in [0.25, 0.3) is 0 Å². The molecule has 0 fully saturated rings. The Balaban J connectivity index is 2.30. The van der Waals surface area contributed by atoms with Crippen molar-refractivity contribution in [1.82, 2.24) is 0 Å². The van der Waals surface area contributed by atoms with Crippen molar-refractivity contribution in [3.63, 3.8) is 0 Å². The zero-order chi connectivity index (χ0) is 8.49. The Kier molecular flexibility index (Phi) is 5.35. The van der Waals surface area contributed by atoms with E-state index in [9.17, 15) is 0 Å². The Bertz CT molecular complexity index is 121. The van der Waals surface area contributed by atoms with Crippen LogP contribution in [-0.2, 0) is 0 Å². The Morgan fingerprint density at radius 2 is 0.500 bits per heavy atom. The summed E-state index contributed by atoms with van der Waals surface area (Å²) in [6.07, 6.45) is 21.0. The van der Waals surface area contributed by atoms with Crippen LogP contribution in [0.3, 0.4) is 0 Å². The number of rotatable bonds is 0. The van der Waals surface area contributed by atoms with E-state index in [4.69, 9.17) is 0 Å². The summed E-state index contributed by atoms with van der Waals surface area (Å²) in [6.45, 7) is 0. The van der Waals surface area contributed by atoms with E-state index in [1.54, 1.807) is 0 Å². The molecule has 0 N–H and O–H groups in total. The van der Waals surface area contributed by atoms with Gasteiger partial charge in [-0.05, 0) is 38.5 Å². The van der Waals surface area contributed by atoms with Gasteiger partial charge in [0.2, 0.25) is 0 Å². The van der Waals surface area contributed by atoms with Crippen molar-refractivity contribution in [1.29, 1.82) is 0 Å². The Hall–Kier alpha value is -0.780. The summed E-state index contributed by atoms with van der Waals surface area (Å²) >= 11 is 0. The van der Waals surface area contributed by atoms with E-state index in [2.05, 4.69) is 36.5 Å². The van der Waals surface area contributed by atoms with Crippen molar-refractivity contribution in [2.75, 3.05) is 0 Å². The quantitative estimate of drug-likeness (QED) is 0.472. The summed E-state index contributed by atoms with van der Waals surface area (Å²) in [7, 11) is 0. The second-order valence-electron chi connectivity index (χ2n) is 3.15. The average Bonchev–Trinajstić information content (AvgIpc) is 2.05. The topological polar surface area (TPSA) is 0 Å². The normalized spacial score (nSPS) is 25.3. The molecule has 1 rings (SSSR count). The molecule has 0 saturated heterocycles. The van der Waals surface area contributed by atoms with Crippen LogP contribution in [0.2, 0.25) is 0 Å². The third-order valence-electron chi connectivity index (χ3n) is 2.00. The summed E-state index contributed by atoms with van der Waals surface area (Å²) in [6, 6.07) is 0. The van der Waals surface area contributed by atoms with Crippen LogP contribution in [0.5, 0.6) is 0 Å². The average molecular weight is 162 g/mol. The molecule has 0 spiro atoms. The molecule has 0 radical (unpaired) electrons. The van der Waals surface area contributed by atoms with Gasteiger partial charge in [0.05, 0.1) is 0 Å². The van der Waals surface area contributed by atoms with Crippen LogP contribution in [0.4, 0.5) is 0 Å². The molecule has 1 aliphatic rings. The molecule has 0 unspecified atom stereocenters. The van der Waals surface area contributed by atoms with Gasteiger partial charge in [-0.1, -0.05) is 36.5 Å². The molecule has 0 aromatic heterocycles. The lowest BCUT2D eigenvalue weighted by Crippen LogP contribution is -1.71. The van der Waals surface area contributed by atoms with Crippen molar-refractivity contribution < 1.29 is 0 Å². The van der Waals surface area contributed by atoms with Gasteiger partial charge in [-0.2, -0.15) is 0 Å². The van der Waals surface area contributed by atoms with Gasteiger partial charge in [0.25, 0.3) is 0 Å². The van der Waals surface area contributed by atoms with Gasteiger partial charge in [0.1, 0.15) is 0 Å². The molecule has 0 bridgehead atoms. The maximum atomic E-state index is 2.29. The minimum Gasteiger partial charge on any atom is -0.0882 e. The maximum Gasteiger partial charge on any atom is -0.0316 e. The van der Waals surface area contributed by atoms with Crippen LogP contribution in [-0.4, -0.2) is 0 Å². The van der Waals surface area contributed by atoms with Crippen molar-refractivity contribution in [3.05, 3.63) is 36.5 Å². The van der Waals surface area contributed by atoms with Gasteiger partial charge in [0, 0.05) is 0 Å². The Morgan fingerprint density at radius 3 is 0.667 bits per heavy atom. The first kappa shape index (κ1) is 9.31. The molecule has 66 valence electrons. The van der Waals surface area contributed by atoms with Crippen molar-refractivity contribution in [2.45, 2.75) is 38.5 Å². The minimum atomic E-state index is 1.21.